The van der Waals surface area contributed by atoms with Crippen LogP contribution in [0.15, 0.2) is 24.3 Å². The molecule has 5 heteroatoms. The van der Waals surface area contributed by atoms with Crippen molar-refractivity contribution in [3.63, 3.8) is 0 Å². The Labute approximate surface area is 107 Å². The first-order valence-corrected chi connectivity index (χ1v) is 5.90. The van der Waals surface area contributed by atoms with Gasteiger partial charge >= 0.3 is 11.9 Å². The molecule has 0 unspecified atom stereocenters. The zero-order valence-electron chi connectivity index (χ0n) is 10.7. The van der Waals surface area contributed by atoms with Gasteiger partial charge in [0.1, 0.15) is 0 Å². The van der Waals surface area contributed by atoms with Gasteiger partial charge in [-0.3, -0.25) is 4.90 Å². The van der Waals surface area contributed by atoms with Crippen LogP contribution in [0.4, 0.5) is 0 Å². The molecule has 0 N–H and O–H groups in total. The van der Waals surface area contributed by atoms with Gasteiger partial charge in [0.25, 0.3) is 0 Å². The summed E-state index contributed by atoms with van der Waals surface area (Å²) >= 11 is 0. The van der Waals surface area contributed by atoms with E-state index < -0.39 is 11.9 Å². The molecule has 0 saturated carbocycles. The van der Waals surface area contributed by atoms with Gasteiger partial charge in [0.15, 0.2) is 0 Å². The first kappa shape index (κ1) is 14.6. The summed E-state index contributed by atoms with van der Waals surface area (Å²) < 4.78 is 9.82. The number of rotatable bonds is 5. The monoisotopic (exact) mass is 253 g/mol. The van der Waals surface area contributed by atoms with Crippen molar-refractivity contribution < 1.29 is 19.1 Å². The molecule has 1 fully saturated rings. The van der Waals surface area contributed by atoms with Crippen LogP contribution in [-0.2, 0) is 19.1 Å². The smallest absolute Gasteiger partial charge is 0.341 e. The lowest BCUT2D eigenvalue weighted by Gasteiger charge is -2.26. The fourth-order valence-electron chi connectivity index (χ4n) is 1.46. The van der Waals surface area contributed by atoms with Crippen molar-refractivity contribution in [2.45, 2.75) is 13.3 Å². The van der Waals surface area contributed by atoms with Gasteiger partial charge in [-0.1, -0.05) is 13.2 Å². The van der Waals surface area contributed by atoms with Crippen LogP contribution in [0.25, 0.3) is 0 Å². The summed E-state index contributed by atoms with van der Waals surface area (Å²) in [5.74, 6) is -1.37. The molecule has 0 aliphatic carbocycles. The minimum absolute atomic E-state index is 0.198. The molecule has 5 nitrogen and oxygen atoms in total. The normalized spacial score (nSPS) is 16.1. The molecule has 1 rings (SSSR count). The maximum atomic E-state index is 11.5. The highest BCUT2D eigenvalue weighted by Crippen LogP contribution is 2.06. The van der Waals surface area contributed by atoms with E-state index in [1.165, 1.54) is 6.92 Å². The minimum Gasteiger partial charge on any atom is -0.386 e. The molecule has 100 valence electrons. The van der Waals surface area contributed by atoms with Gasteiger partial charge in [-0.25, -0.2) is 9.59 Å². The summed E-state index contributed by atoms with van der Waals surface area (Å²) in [6.07, 6.45) is 0.488. The minimum atomic E-state index is -0.701. The van der Waals surface area contributed by atoms with Crippen LogP contribution < -0.4 is 0 Å². The lowest BCUT2D eigenvalue weighted by Crippen LogP contribution is -2.37. The van der Waals surface area contributed by atoms with E-state index in [1.807, 2.05) is 0 Å². The van der Waals surface area contributed by atoms with Crippen molar-refractivity contribution in [1.82, 2.24) is 4.90 Å². The molecule has 1 aliphatic rings. The summed E-state index contributed by atoms with van der Waals surface area (Å²) in [6, 6.07) is 0. The molecule has 0 aromatic carbocycles. The van der Waals surface area contributed by atoms with E-state index in [-0.39, 0.29) is 5.57 Å². The van der Waals surface area contributed by atoms with Crippen molar-refractivity contribution in [3.05, 3.63) is 24.3 Å². The van der Waals surface area contributed by atoms with Crippen LogP contribution in [-0.4, -0.2) is 49.7 Å². The van der Waals surface area contributed by atoms with Gasteiger partial charge in [-0.2, -0.15) is 0 Å². The van der Waals surface area contributed by atoms with Crippen molar-refractivity contribution >= 4 is 11.9 Å². The number of nitrogens with zero attached hydrogens (tertiary/aromatic N) is 1. The molecule has 0 aromatic rings. The van der Waals surface area contributed by atoms with E-state index in [1.54, 1.807) is 0 Å². The lowest BCUT2D eigenvalue weighted by molar-refractivity contribution is -0.154. The van der Waals surface area contributed by atoms with E-state index in [2.05, 4.69) is 22.8 Å². The van der Waals surface area contributed by atoms with E-state index >= 15 is 0 Å². The van der Waals surface area contributed by atoms with E-state index in [9.17, 15) is 9.59 Å². The first-order chi connectivity index (χ1) is 8.50. The highest BCUT2D eigenvalue weighted by Gasteiger charge is 2.16. The average Bonchev–Trinajstić information content (AvgIpc) is 2.36. The summed E-state index contributed by atoms with van der Waals surface area (Å²) in [5.41, 5.74) is 0.500. The Morgan fingerprint density at radius 2 is 1.83 bits per heavy atom. The predicted molar refractivity (Wildman–Crippen MR) is 66.9 cm³/mol. The fraction of sp³-hybridized carbons (Fsp3) is 0.538. The molecule has 0 aromatic heterocycles. The summed E-state index contributed by atoms with van der Waals surface area (Å²) in [4.78, 5) is 24.8. The first-order valence-electron chi connectivity index (χ1n) is 5.90. The zero-order valence-corrected chi connectivity index (χ0v) is 10.7. The van der Waals surface area contributed by atoms with Gasteiger partial charge in [-0.05, 0) is 13.3 Å². The van der Waals surface area contributed by atoms with Crippen LogP contribution >= 0.6 is 0 Å². The Balaban J connectivity index is 2.29. The molecular formula is C13H19NO4. The van der Waals surface area contributed by atoms with Gasteiger partial charge in [0.2, 0.25) is 0 Å². The third kappa shape index (κ3) is 4.81. The molecule has 0 radical (unpaired) electrons. The van der Waals surface area contributed by atoms with Crippen LogP contribution in [0.5, 0.6) is 0 Å². The Hall–Kier alpha value is -1.46. The molecule has 1 aliphatic heterocycles. The summed E-state index contributed by atoms with van der Waals surface area (Å²) in [5, 5.41) is 0. The molecule has 0 spiro atoms. The Kier molecular flexibility index (Phi) is 5.74. The second-order valence-corrected chi connectivity index (χ2v) is 4.26. The third-order valence-corrected chi connectivity index (χ3v) is 2.66. The van der Waals surface area contributed by atoms with Crippen molar-refractivity contribution in [1.29, 1.82) is 0 Å². The number of hydrogen-bond donors (Lipinski definition) is 0. The quantitative estimate of drug-likeness (QED) is 0.414. The molecule has 18 heavy (non-hydrogen) atoms. The number of hydrogen-bond acceptors (Lipinski definition) is 5. The Bertz CT molecular complexity index is 356. The lowest BCUT2D eigenvalue weighted by atomic mass is 10.2. The summed E-state index contributed by atoms with van der Waals surface area (Å²) in [6.45, 7) is 12.4. The van der Waals surface area contributed by atoms with Crippen LogP contribution in [0, 0.1) is 0 Å². The van der Waals surface area contributed by atoms with Crippen LogP contribution in [0.3, 0.4) is 0 Å². The fourth-order valence-corrected chi connectivity index (χ4v) is 1.46. The van der Waals surface area contributed by atoms with Crippen molar-refractivity contribution in [2.24, 2.45) is 0 Å². The van der Waals surface area contributed by atoms with Crippen LogP contribution in [0.2, 0.25) is 0 Å². The molecular weight excluding hydrogens is 234 g/mol. The average molecular weight is 253 g/mol. The highest BCUT2D eigenvalue weighted by molar-refractivity contribution is 6.00. The molecule has 1 saturated heterocycles. The van der Waals surface area contributed by atoms with Gasteiger partial charge < -0.3 is 9.47 Å². The zero-order chi connectivity index (χ0) is 13.5. The number of carbonyl (C=O) groups excluding carboxylic acids is 2. The second-order valence-electron chi connectivity index (χ2n) is 4.26. The van der Waals surface area contributed by atoms with Crippen molar-refractivity contribution in [2.75, 3.05) is 32.8 Å². The standard InChI is InChI=1S/C13H19NO4/c1-10(2)12(15)18-13(16)11(3)4-5-14-6-8-17-9-7-14/h1,3-9H2,2H3. The molecule has 0 amide bonds. The van der Waals surface area contributed by atoms with E-state index in [0.29, 0.717) is 25.2 Å². The highest BCUT2D eigenvalue weighted by atomic mass is 16.6. The largest absolute Gasteiger partial charge is 0.386 e. The topological polar surface area (TPSA) is 55.8 Å². The molecule has 1 heterocycles. The van der Waals surface area contributed by atoms with Crippen molar-refractivity contribution in [3.8, 4) is 0 Å². The number of esters is 2. The van der Waals surface area contributed by atoms with E-state index in [4.69, 9.17) is 4.74 Å². The third-order valence-electron chi connectivity index (χ3n) is 2.66. The maximum Gasteiger partial charge on any atom is 0.341 e. The number of morpholine rings is 1. The number of ether oxygens (including phenoxy) is 2. The SMILES string of the molecule is C=C(C)C(=O)OC(=O)C(=C)CCN1CCOCC1. The maximum absolute atomic E-state index is 11.5. The second kappa shape index (κ2) is 7.08. The molecule has 0 bridgehead atoms. The van der Waals surface area contributed by atoms with Gasteiger partial charge in [-0.15, -0.1) is 0 Å². The number of carbonyl (C=O) groups is 2. The summed E-state index contributed by atoms with van der Waals surface area (Å²) in [7, 11) is 0. The Morgan fingerprint density at radius 1 is 1.22 bits per heavy atom. The van der Waals surface area contributed by atoms with E-state index in [0.717, 1.165) is 19.6 Å². The van der Waals surface area contributed by atoms with Gasteiger partial charge in [0, 0.05) is 30.8 Å². The van der Waals surface area contributed by atoms with Gasteiger partial charge in [0.05, 0.1) is 13.2 Å². The molecule has 0 atom stereocenters. The van der Waals surface area contributed by atoms with Crippen LogP contribution in [0.1, 0.15) is 13.3 Å². The Morgan fingerprint density at radius 3 is 2.39 bits per heavy atom. The predicted octanol–water partition coefficient (Wildman–Crippen LogP) is 0.911.